The summed E-state index contributed by atoms with van der Waals surface area (Å²) in [5.74, 6) is -2.17. The van der Waals surface area contributed by atoms with Crippen LogP contribution in [-0.2, 0) is 18.0 Å². The molecule has 100 valence electrons. The normalized spacial score (nSPS) is 10.6. The molecular formula is C12H9F2NO4. The number of hydrogen-bond acceptors (Lipinski definition) is 4. The van der Waals surface area contributed by atoms with Gasteiger partial charge in [-0.25, -0.2) is 13.6 Å². The van der Waals surface area contributed by atoms with Gasteiger partial charge in [-0.05, 0) is 18.2 Å². The maximum absolute atomic E-state index is 13.2. The summed E-state index contributed by atoms with van der Waals surface area (Å²) in [7, 11) is 0. The van der Waals surface area contributed by atoms with E-state index in [2.05, 4.69) is 5.16 Å². The molecule has 0 unspecified atom stereocenters. The van der Waals surface area contributed by atoms with Gasteiger partial charge in [0.15, 0.2) is 11.5 Å². The van der Waals surface area contributed by atoms with Crippen molar-refractivity contribution in [1.82, 2.24) is 5.16 Å². The van der Waals surface area contributed by atoms with Gasteiger partial charge in [-0.15, -0.1) is 0 Å². The van der Waals surface area contributed by atoms with E-state index >= 15 is 0 Å². The van der Waals surface area contributed by atoms with Crippen LogP contribution in [0.4, 0.5) is 8.78 Å². The number of benzene rings is 1. The molecule has 7 heteroatoms. The van der Waals surface area contributed by atoms with Crippen molar-refractivity contribution >= 4 is 5.97 Å². The van der Waals surface area contributed by atoms with Gasteiger partial charge in [-0.2, -0.15) is 0 Å². The fourth-order valence-electron chi connectivity index (χ4n) is 1.40. The molecule has 0 bridgehead atoms. The minimum atomic E-state index is -1.22. The van der Waals surface area contributed by atoms with Gasteiger partial charge in [-0.3, -0.25) is 0 Å². The van der Waals surface area contributed by atoms with Gasteiger partial charge in [0.25, 0.3) is 0 Å². The van der Waals surface area contributed by atoms with Crippen molar-refractivity contribution in [1.29, 1.82) is 0 Å². The minimum absolute atomic E-state index is 0.0676. The van der Waals surface area contributed by atoms with E-state index in [9.17, 15) is 13.6 Å². The van der Waals surface area contributed by atoms with Gasteiger partial charge in [0.05, 0.1) is 6.61 Å². The summed E-state index contributed by atoms with van der Waals surface area (Å²) in [6, 6.07) is 4.24. The third kappa shape index (κ3) is 3.35. The first kappa shape index (κ1) is 13.2. The number of carboxylic acid groups (broad SMARTS) is 1. The lowest BCUT2D eigenvalue weighted by atomic mass is 10.2. The van der Waals surface area contributed by atoms with E-state index in [-0.39, 0.29) is 30.2 Å². The monoisotopic (exact) mass is 269 g/mol. The average molecular weight is 269 g/mol. The zero-order chi connectivity index (χ0) is 13.8. The Morgan fingerprint density at radius 3 is 2.79 bits per heavy atom. The number of aromatic nitrogens is 1. The van der Waals surface area contributed by atoms with Crippen LogP contribution in [0, 0.1) is 11.6 Å². The number of carboxylic acids is 1. The van der Waals surface area contributed by atoms with Crippen molar-refractivity contribution in [3.63, 3.8) is 0 Å². The van der Waals surface area contributed by atoms with Crippen LogP contribution >= 0.6 is 0 Å². The van der Waals surface area contributed by atoms with Crippen molar-refractivity contribution in [2.24, 2.45) is 0 Å². The van der Waals surface area contributed by atoms with E-state index in [0.29, 0.717) is 0 Å². The lowest BCUT2D eigenvalue weighted by Gasteiger charge is -2.03. The molecule has 19 heavy (non-hydrogen) atoms. The highest BCUT2D eigenvalue weighted by molar-refractivity contribution is 5.85. The van der Waals surface area contributed by atoms with Crippen molar-refractivity contribution in [3.8, 4) is 0 Å². The molecule has 2 rings (SSSR count). The summed E-state index contributed by atoms with van der Waals surface area (Å²) in [6.07, 6.45) is 0. The van der Waals surface area contributed by atoms with E-state index in [4.69, 9.17) is 14.4 Å². The average Bonchev–Trinajstić information content (AvgIpc) is 2.82. The molecule has 0 aliphatic rings. The Kier molecular flexibility index (Phi) is 3.86. The molecular weight excluding hydrogens is 260 g/mol. The summed E-state index contributed by atoms with van der Waals surface area (Å²) in [5, 5.41) is 11.9. The molecule has 5 nitrogen and oxygen atoms in total. The third-order valence-electron chi connectivity index (χ3n) is 2.29. The Bertz CT molecular complexity index is 597. The first-order chi connectivity index (χ1) is 9.06. The number of carbonyl (C=O) groups is 1. The highest BCUT2D eigenvalue weighted by Gasteiger charge is 2.11. The Hall–Kier alpha value is -2.28. The van der Waals surface area contributed by atoms with Crippen LogP contribution in [0.3, 0.4) is 0 Å². The van der Waals surface area contributed by atoms with Crippen LogP contribution in [-0.4, -0.2) is 16.2 Å². The maximum Gasteiger partial charge on any atom is 0.358 e. The molecule has 2 aromatic rings. The molecule has 0 atom stereocenters. The van der Waals surface area contributed by atoms with Gasteiger partial charge < -0.3 is 14.4 Å². The summed E-state index contributed by atoms with van der Waals surface area (Å²) in [6.45, 7) is -0.247. The van der Waals surface area contributed by atoms with Gasteiger partial charge in [0.1, 0.15) is 18.2 Å². The van der Waals surface area contributed by atoms with Gasteiger partial charge in [-0.1, -0.05) is 5.16 Å². The van der Waals surface area contributed by atoms with Crippen molar-refractivity contribution in [3.05, 3.63) is 52.9 Å². The minimum Gasteiger partial charge on any atom is -0.476 e. The van der Waals surface area contributed by atoms with Gasteiger partial charge in [0, 0.05) is 11.6 Å². The first-order valence-corrected chi connectivity index (χ1v) is 5.27. The Morgan fingerprint density at radius 2 is 2.11 bits per heavy atom. The van der Waals surface area contributed by atoms with Gasteiger partial charge >= 0.3 is 5.97 Å². The van der Waals surface area contributed by atoms with Crippen LogP contribution in [0.2, 0.25) is 0 Å². The lowest BCUT2D eigenvalue weighted by molar-refractivity contribution is 0.0683. The number of halogens is 2. The number of aromatic carboxylic acids is 1. The molecule has 1 N–H and O–H groups in total. The van der Waals surface area contributed by atoms with E-state index in [1.165, 1.54) is 6.07 Å². The molecule has 1 aromatic heterocycles. The van der Waals surface area contributed by atoms with Crippen LogP contribution in [0.1, 0.15) is 21.8 Å². The largest absolute Gasteiger partial charge is 0.476 e. The van der Waals surface area contributed by atoms with Crippen LogP contribution < -0.4 is 0 Å². The van der Waals surface area contributed by atoms with Gasteiger partial charge in [0.2, 0.25) is 0 Å². The Labute approximate surface area is 106 Å². The zero-order valence-electron chi connectivity index (χ0n) is 9.60. The topological polar surface area (TPSA) is 72.6 Å². The molecule has 0 spiro atoms. The molecule has 0 fully saturated rings. The predicted molar refractivity (Wildman–Crippen MR) is 58.3 cm³/mol. The van der Waals surface area contributed by atoms with Crippen molar-refractivity contribution < 1.29 is 27.9 Å². The quantitative estimate of drug-likeness (QED) is 0.902. The SMILES string of the molecule is O=C(O)c1cc(COCc2cc(F)ccc2F)on1. The summed E-state index contributed by atoms with van der Waals surface area (Å²) in [4.78, 5) is 10.5. The summed E-state index contributed by atoms with van der Waals surface area (Å²) >= 11 is 0. The van der Waals surface area contributed by atoms with E-state index in [0.717, 1.165) is 18.2 Å². The van der Waals surface area contributed by atoms with Crippen molar-refractivity contribution in [2.45, 2.75) is 13.2 Å². The molecule has 0 saturated heterocycles. The fourth-order valence-corrected chi connectivity index (χ4v) is 1.40. The number of hydrogen-bond donors (Lipinski definition) is 1. The fraction of sp³-hybridized carbons (Fsp3) is 0.167. The van der Waals surface area contributed by atoms with E-state index in [1.807, 2.05) is 0 Å². The highest BCUT2D eigenvalue weighted by Crippen LogP contribution is 2.12. The smallest absolute Gasteiger partial charge is 0.358 e. The molecule has 0 aliphatic heterocycles. The first-order valence-electron chi connectivity index (χ1n) is 5.27. The highest BCUT2D eigenvalue weighted by atomic mass is 19.1. The van der Waals surface area contributed by atoms with Crippen LogP contribution in [0.5, 0.6) is 0 Å². The second-order valence-electron chi connectivity index (χ2n) is 3.71. The number of rotatable bonds is 5. The molecule has 1 heterocycles. The second kappa shape index (κ2) is 5.57. The standard InChI is InChI=1S/C12H9F2NO4/c13-8-1-2-10(14)7(3-8)5-18-6-9-4-11(12(16)17)15-19-9/h1-4H,5-6H2,(H,16,17). The Morgan fingerprint density at radius 1 is 1.32 bits per heavy atom. The zero-order valence-corrected chi connectivity index (χ0v) is 9.60. The molecule has 0 saturated carbocycles. The summed E-state index contributed by atoms with van der Waals surface area (Å²) < 4.78 is 35.9. The third-order valence-corrected chi connectivity index (χ3v) is 2.29. The van der Waals surface area contributed by atoms with E-state index < -0.39 is 17.6 Å². The maximum atomic E-state index is 13.2. The van der Waals surface area contributed by atoms with Crippen LogP contribution in [0.15, 0.2) is 28.8 Å². The van der Waals surface area contributed by atoms with Crippen molar-refractivity contribution in [2.75, 3.05) is 0 Å². The molecule has 0 aliphatic carbocycles. The molecule has 0 amide bonds. The summed E-state index contributed by atoms with van der Waals surface area (Å²) in [5.41, 5.74) is -0.173. The predicted octanol–water partition coefficient (Wildman–Crippen LogP) is 2.37. The van der Waals surface area contributed by atoms with E-state index in [1.54, 1.807) is 0 Å². The Balaban J connectivity index is 1.92. The second-order valence-corrected chi connectivity index (χ2v) is 3.71. The lowest BCUT2D eigenvalue weighted by Crippen LogP contribution is -1.97. The number of ether oxygens (including phenoxy) is 1. The number of nitrogens with zero attached hydrogens (tertiary/aromatic N) is 1. The molecule has 1 aromatic carbocycles. The molecule has 0 radical (unpaired) electrons. The van der Waals surface area contributed by atoms with Crippen LogP contribution in [0.25, 0.3) is 0 Å².